The molecule has 1 aromatic heterocycles. The maximum absolute atomic E-state index is 15.0. The normalized spacial score (nSPS) is 23.0. The summed E-state index contributed by atoms with van der Waals surface area (Å²) in [7, 11) is 0. The smallest absolute Gasteiger partial charge is 0.137 e. The highest BCUT2D eigenvalue weighted by molar-refractivity contribution is 5.47. The summed E-state index contributed by atoms with van der Waals surface area (Å²) in [5, 5.41) is 11.2. The van der Waals surface area contributed by atoms with E-state index in [1.807, 2.05) is 24.3 Å². The van der Waals surface area contributed by atoms with Gasteiger partial charge < -0.3 is 20.1 Å². The van der Waals surface area contributed by atoms with Gasteiger partial charge in [0.05, 0.1) is 6.54 Å². The summed E-state index contributed by atoms with van der Waals surface area (Å²) < 4.78 is 42.7. The molecule has 2 fully saturated rings. The lowest BCUT2D eigenvalue weighted by molar-refractivity contribution is -0.0655. The van der Waals surface area contributed by atoms with Crippen molar-refractivity contribution in [2.75, 3.05) is 51.3 Å². The Morgan fingerprint density at radius 3 is 2.69 bits per heavy atom. The minimum Gasteiger partial charge on any atom is -0.492 e. The molecule has 2 N–H and O–H groups in total. The minimum absolute atomic E-state index is 0.156. The molecule has 39 heavy (non-hydrogen) atoms. The van der Waals surface area contributed by atoms with E-state index in [0.717, 1.165) is 36.9 Å². The van der Waals surface area contributed by atoms with E-state index in [0.29, 0.717) is 31.9 Å². The zero-order chi connectivity index (χ0) is 26.9. The molecule has 10 heteroatoms. The number of nitrogens with one attached hydrogen (secondary N) is 2. The number of hydrogen-bond donors (Lipinski definition) is 2. The van der Waals surface area contributed by atoms with Crippen LogP contribution in [0.15, 0.2) is 55.1 Å². The molecule has 8 nitrogen and oxygen atoms in total. The van der Waals surface area contributed by atoms with Crippen LogP contribution in [0.25, 0.3) is 0 Å². The molecule has 0 amide bonds. The van der Waals surface area contributed by atoms with Gasteiger partial charge in [0, 0.05) is 43.1 Å². The fourth-order valence-corrected chi connectivity index (χ4v) is 5.46. The summed E-state index contributed by atoms with van der Waals surface area (Å²) in [6.45, 7) is 5.71. The summed E-state index contributed by atoms with van der Waals surface area (Å²) in [5.74, 6) is -0.383. The Kier molecular flexibility index (Phi) is 9.39. The van der Waals surface area contributed by atoms with E-state index in [-0.39, 0.29) is 12.6 Å². The van der Waals surface area contributed by atoms with Crippen molar-refractivity contribution in [3.8, 4) is 5.75 Å². The lowest BCUT2D eigenvalue weighted by Crippen LogP contribution is -2.45. The van der Waals surface area contributed by atoms with Gasteiger partial charge in [-0.15, -0.1) is 0 Å². The number of nitrogens with zero attached hydrogens (tertiary/aromatic N) is 4. The molecule has 2 aliphatic rings. The second-order valence-corrected chi connectivity index (χ2v) is 10.4. The summed E-state index contributed by atoms with van der Waals surface area (Å²) in [5.41, 5.74) is 0.253. The molecule has 2 aromatic carbocycles. The topological polar surface area (TPSA) is 76.5 Å². The number of benzene rings is 2. The van der Waals surface area contributed by atoms with Gasteiger partial charge in [-0.25, -0.2) is 18.4 Å². The number of likely N-dealkylation sites (tertiary alicyclic amines) is 1. The van der Waals surface area contributed by atoms with Crippen molar-refractivity contribution in [1.82, 2.24) is 25.0 Å². The zero-order valence-electron chi connectivity index (χ0n) is 22.3. The minimum atomic E-state index is -1.06. The van der Waals surface area contributed by atoms with Gasteiger partial charge in [0.15, 0.2) is 0 Å². The van der Waals surface area contributed by atoms with Crippen molar-refractivity contribution in [2.45, 2.75) is 50.3 Å². The highest BCUT2D eigenvalue weighted by atomic mass is 19.1. The van der Waals surface area contributed by atoms with Crippen molar-refractivity contribution >= 4 is 5.69 Å². The maximum Gasteiger partial charge on any atom is 0.137 e. The number of anilines is 1. The molecule has 0 aliphatic carbocycles. The second kappa shape index (κ2) is 13.3. The second-order valence-electron chi connectivity index (χ2n) is 10.4. The molecule has 2 atom stereocenters. The number of piperidine rings is 1. The zero-order valence-corrected chi connectivity index (χ0v) is 22.3. The summed E-state index contributed by atoms with van der Waals surface area (Å²) in [6.07, 6.45) is 8.50. The van der Waals surface area contributed by atoms with Crippen LogP contribution in [0.3, 0.4) is 0 Å². The number of ether oxygens (including phenoxy) is 2. The van der Waals surface area contributed by atoms with E-state index < -0.39 is 17.2 Å². The Balaban J connectivity index is 1.19. The number of rotatable bonds is 9. The van der Waals surface area contributed by atoms with Gasteiger partial charge in [-0.1, -0.05) is 12.5 Å². The molecule has 0 saturated carbocycles. The van der Waals surface area contributed by atoms with Crippen LogP contribution in [0, 0.1) is 11.6 Å². The van der Waals surface area contributed by atoms with Crippen molar-refractivity contribution in [3.63, 3.8) is 0 Å². The molecule has 0 bridgehead atoms. The molecule has 5 rings (SSSR count). The molecule has 0 spiro atoms. The lowest BCUT2D eigenvalue weighted by Gasteiger charge is -2.34. The number of halogens is 2. The Morgan fingerprint density at radius 2 is 1.92 bits per heavy atom. The van der Waals surface area contributed by atoms with Gasteiger partial charge >= 0.3 is 0 Å². The first kappa shape index (κ1) is 27.5. The van der Waals surface area contributed by atoms with E-state index in [2.05, 4.69) is 25.6 Å². The van der Waals surface area contributed by atoms with E-state index >= 15 is 0 Å². The predicted molar refractivity (Wildman–Crippen MR) is 146 cm³/mol. The predicted octanol–water partition coefficient (Wildman–Crippen LogP) is 4.20. The largest absolute Gasteiger partial charge is 0.492 e. The first-order chi connectivity index (χ1) is 19.1. The summed E-state index contributed by atoms with van der Waals surface area (Å²) in [4.78, 5) is 6.48. The van der Waals surface area contributed by atoms with Gasteiger partial charge in [0.1, 0.15) is 42.2 Å². The quantitative estimate of drug-likeness (QED) is 0.421. The van der Waals surface area contributed by atoms with Gasteiger partial charge in [-0.3, -0.25) is 4.90 Å². The summed E-state index contributed by atoms with van der Waals surface area (Å²) in [6, 6.07) is 11.9. The molecule has 0 radical (unpaired) electrons. The average Bonchev–Trinajstić information content (AvgIpc) is 3.47. The Bertz CT molecular complexity index is 1160. The molecule has 3 aromatic rings. The Hall–Kier alpha value is -3.08. The standard InChI is InChI=1S/C29H38F2N6O2/c30-23-4-9-27(28(31)18-23)29(20-37-22-33-21-34-37)19-32-12-10-25(11-16-39-29)35-24-5-7-26(8-6-24)38-17-15-36-13-2-1-3-14-36/h4-9,18,21-22,25,32,35H,1-3,10-17,19-20H2. The van der Waals surface area contributed by atoms with Crippen molar-refractivity contribution in [1.29, 1.82) is 0 Å². The van der Waals surface area contributed by atoms with Crippen LogP contribution in [0.4, 0.5) is 14.5 Å². The SMILES string of the molecule is Fc1ccc(C2(Cn3cncn3)CNCCC(Nc3ccc(OCCN4CCCCC4)cc3)CCO2)c(F)c1. The number of aromatic nitrogens is 3. The monoisotopic (exact) mass is 540 g/mol. The van der Waals surface area contributed by atoms with Crippen LogP contribution in [0.1, 0.15) is 37.7 Å². The summed E-state index contributed by atoms with van der Waals surface area (Å²) >= 11 is 0. The molecule has 3 heterocycles. The lowest BCUT2D eigenvalue weighted by atomic mass is 9.92. The highest BCUT2D eigenvalue weighted by Gasteiger charge is 2.37. The molecular formula is C29H38F2N6O2. The van der Waals surface area contributed by atoms with Gasteiger partial charge in [-0.2, -0.15) is 5.10 Å². The third kappa shape index (κ3) is 7.52. The fourth-order valence-electron chi connectivity index (χ4n) is 5.46. The first-order valence-electron chi connectivity index (χ1n) is 13.9. The van der Waals surface area contributed by atoms with Crippen molar-refractivity contribution in [2.24, 2.45) is 0 Å². The van der Waals surface area contributed by atoms with E-state index in [1.165, 1.54) is 50.8 Å². The maximum atomic E-state index is 15.0. The Labute approximate surface area is 228 Å². The Morgan fingerprint density at radius 1 is 1.08 bits per heavy atom. The van der Waals surface area contributed by atoms with Crippen LogP contribution in [-0.2, 0) is 16.9 Å². The van der Waals surface area contributed by atoms with Crippen molar-refractivity contribution in [3.05, 3.63) is 72.3 Å². The molecule has 2 saturated heterocycles. The number of hydrogen-bond acceptors (Lipinski definition) is 7. The fraction of sp³-hybridized carbons (Fsp3) is 0.517. The first-order valence-corrected chi connectivity index (χ1v) is 13.9. The third-order valence-electron chi connectivity index (χ3n) is 7.58. The van der Waals surface area contributed by atoms with Gasteiger partial charge in [-0.05, 0) is 75.6 Å². The van der Waals surface area contributed by atoms with Gasteiger partial charge in [0.2, 0.25) is 0 Å². The molecular weight excluding hydrogens is 502 g/mol. The van der Waals surface area contributed by atoms with E-state index in [1.54, 1.807) is 11.0 Å². The third-order valence-corrected chi connectivity index (χ3v) is 7.58. The van der Waals surface area contributed by atoms with Crippen LogP contribution in [0.5, 0.6) is 5.75 Å². The molecule has 210 valence electrons. The van der Waals surface area contributed by atoms with E-state index in [9.17, 15) is 8.78 Å². The van der Waals surface area contributed by atoms with Crippen LogP contribution >= 0.6 is 0 Å². The highest BCUT2D eigenvalue weighted by Crippen LogP contribution is 2.31. The molecule has 2 unspecified atom stereocenters. The molecule has 2 aliphatic heterocycles. The van der Waals surface area contributed by atoms with Crippen molar-refractivity contribution < 1.29 is 18.3 Å². The van der Waals surface area contributed by atoms with Crippen LogP contribution in [0.2, 0.25) is 0 Å². The average molecular weight is 541 g/mol. The van der Waals surface area contributed by atoms with Crippen LogP contribution in [-0.4, -0.2) is 71.6 Å². The van der Waals surface area contributed by atoms with Crippen LogP contribution < -0.4 is 15.4 Å². The van der Waals surface area contributed by atoms with Gasteiger partial charge in [0.25, 0.3) is 0 Å². The van der Waals surface area contributed by atoms with E-state index in [4.69, 9.17) is 9.47 Å².